The van der Waals surface area contributed by atoms with Gasteiger partial charge < -0.3 is 10.5 Å². The first-order valence-corrected chi connectivity index (χ1v) is 4.02. The lowest BCUT2D eigenvalue weighted by atomic mass is 10.2. The van der Waals surface area contributed by atoms with Crippen LogP contribution in [0.2, 0.25) is 5.02 Å². The number of alkyl halides is 3. The largest absolute Gasteiger partial charge is 0.573 e. The highest BCUT2D eigenvalue weighted by molar-refractivity contribution is 6.32. The van der Waals surface area contributed by atoms with E-state index < -0.39 is 18.0 Å². The molecule has 0 radical (unpaired) electrons. The molecule has 0 aliphatic heterocycles. The predicted molar refractivity (Wildman–Crippen MR) is 46.7 cm³/mol. The Morgan fingerprint density at radius 3 is 2.47 bits per heavy atom. The molecule has 1 amide bonds. The molecular weight excluding hydrogens is 235 g/mol. The second kappa shape index (κ2) is 3.98. The summed E-state index contributed by atoms with van der Waals surface area (Å²) in [4.78, 5) is 10.7. The van der Waals surface area contributed by atoms with Gasteiger partial charge in [0, 0.05) is 5.56 Å². The number of rotatable bonds is 2. The number of primary amides is 1. The summed E-state index contributed by atoms with van der Waals surface area (Å²) in [6.45, 7) is 0. The van der Waals surface area contributed by atoms with Crippen molar-refractivity contribution in [3.8, 4) is 5.75 Å². The molecule has 0 fully saturated rings. The summed E-state index contributed by atoms with van der Waals surface area (Å²) in [5, 5.41) is -0.252. The van der Waals surface area contributed by atoms with Crippen molar-refractivity contribution in [1.82, 2.24) is 0 Å². The highest BCUT2D eigenvalue weighted by Gasteiger charge is 2.32. The van der Waals surface area contributed by atoms with Crippen LogP contribution in [0.15, 0.2) is 18.2 Å². The topological polar surface area (TPSA) is 52.3 Å². The Hall–Kier alpha value is -1.43. The normalized spacial score (nSPS) is 11.2. The number of amides is 1. The number of nitrogens with two attached hydrogens (primary N) is 1. The van der Waals surface area contributed by atoms with Crippen LogP contribution in [0.4, 0.5) is 13.2 Å². The van der Waals surface area contributed by atoms with Crippen molar-refractivity contribution in [2.45, 2.75) is 6.36 Å². The van der Waals surface area contributed by atoms with Gasteiger partial charge in [0.15, 0.2) is 0 Å². The number of benzene rings is 1. The zero-order chi connectivity index (χ0) is 11.6. The minimum absolute atomic E-state index is 0.112. The van der Waals surface area contributed by atoms with Gasteiger partial charge in [-0.05, 0) is 18.2 Å². The summed E-state index contributed by atoms with van der Waals surface area (Å²) in [5.74, 6) is -1.51. The second-order valence-electron chi connectivity index (χ2n) is 2.56. The lowest BCUT2D eigenvalue weighted by Crippen LogP contribution is -2.18. The van der Waals surface area contributed by atoms with Crippen LogP contribution in [0.5, 0.6) is 5.75 Å². The van der Waals surface area contributed by atoms with Gasteiger partial charge in [-0.3, -0.25) is 4.79 Å². The molecule has 7 heteroatoms. The van der Waals surface area contributed by atoms with E-state index in [2.05, 4.69) is 4.74 Å². The van der Waals surface area contributed by atoms with Gasteiger partial charge in [0.05, 0.1) is 5.02 Å². The molecular formula is C8H5ClF3NO2. The van der Waals surface area contributed by atoms with E-state index in [9.17, 15) is 18.0 Å². The van der Waals surface area contributed by atoms with E-state index in [1.807, 2.05) is 0 Å². The molecule has 0 spiro atoms. The monoisotopic (exact) mass is 239 g/mol. The molecule has 0 heterocycles. The molecule has 1 aromatic carbocycles. The minimum atomic E-state index is -4.86. The Kier molecular flexibility index (Phi) is 3.09. The molecule has 2 N–H and O–H groups in total. The van der Waals surface area contributed by atoms with E-state index in [0.717, 1.165) is 12.1 Å². The second-order valence-corrected chi connectivity index (χ2v) is 2.96. The van der Waals surface area contributed by atoms with Crippen molar-refractivity contribution in [3.63, 3.8) is 0 Å². The fourth-order valence-electron chi connectivity index (χ4n) is 0.860. The van der Waals surface area contributed by atoms with Crippen LogP contribution < -0.4 is 10.5 Å². The fraction of sp³-hybridized carbons (Fsp3) is 0.125. The van der Waals surface area contributed by atoms with Gasteiger partial charge in [-0.1, -0.05) is 11.6 Å². The molecule has 0 aliphatic rings. The van der Waals surface area contributed by atoms with Crippen molar-refractivity contribution in [3.05, 3.63) is 28.8 Å². The molecule has 0 saturated heterocycles. The number of carbonyl (C=O) groups excluding carboxylic acids is 1. The minimum Gasteiger partial charge on any atom is -0.404 e. The molecule has 1 aromatic rings. The highest BCUT2D eigenvalue weighted by atomic mass is 35.5. The third kappa shape index (κ3) is 3.32. The maximum absolute atomic E-state index is 11.9. The summed E-state index contributed by atoms with van der Waals surface area (Å²) in [5.41, 5.74) is 4.77. The Balaban J connectivity index is 3.06. The molecule has 82 valence electrons. The van der Waals surface area contributed by atoms with Crippen LogP contribution in [0, 0.1) is 0 Å². The van der Waals surface area contributed by atoms with Crippen molar-refractivity contribution in [1.29, 1.82) is 0 Å². The first kappa shape index (κ1) is 11.6. The van der Waals surface area contributed by atoms with Gasteiger partial charge in [-0.25, -0.2) is 0 Å². The molecule has 0 unspecified atom stereocenters. The highest BCUT2D eigenvalue weighted by Crippen LogP contribution is 2.30. The molecule has 0 aliphatic carbocycles. The smallest absolute Gasteiger partial charge is 0.404 e. The third-order valence-electron chi connectivity index (χ3n) is 1.44. The van der Waals surface area contributed by atoms with Gasteiger partial charge in [-0.2, -0.15) is 0 Å². The van der Waals surface area contributed by atoms with Crippen LogP contribution in [0.25, 0.3) is 0 Å². The lowest BCUT2D eigenvalue weighted by Gasteiger charge is -2.10. The zero-order valence-corrected chi connectivity index (χ0v) is 7.89. The molecule has 0 bridgehead atoms. The summed E-state index contributed by atoms with van der Waals surface area (Å²) >= 11 is 5.43. The average Bonchev–Trinajstić information content (AvgIpc) is 2.06. The molecule has 0 aromatic heterocycles. The van der Waals surface area contributed by atoms with Crippen molar-refractivity contribution in [2.24, 2.45) is 5.73 Å². The van der Waals surface area contributed by atoms with Crippen LogP contribution in [-0.4, -0.2) is 12.3 Å². The standard InChI is InChI=1S/C8H5ClF3NO2/c9-5-2-1-4(7(13)14)3-6(5)15-8(10,11)12/h1-3H,(H2,13,14). The summed E-state index contributed by atoms with van der Waals surface area (Å²) in [6.07, 6.45) is -4.86. The molecule has 1 rings (SSSR count). The average molecular weight is 240 g/mol. The van der Waals surface area contributed by atoms with Gasteiger partial charge >= 0.3 is 6.36 Å². The van der Waals surface area contributed by atoms with E-state index in [4.69, 9.17) is 17.3 Å². The Morgan fingerprint density at radius 1 is 1.40 bits per heavy atom. The van der Waals surface area contributed by atoms with Crippen LogP contribution in [0.1, 0.15) is 10.4 Å². The van der Waals surface area contributed by atoms with E-state index in [1.165, 1.54) is 6.07 Å². The predicted octanol–water partition coefficient (Wildman–Crippen LogP) is 2.34. The van der Waals surface area contributed by atoms with E-state index in [-0.39, 0.29) is 10.6 Å². The van der Waals surface area contributed by atoms with E-state index in [0.29, 0.717) is 0 Å². The Labute approximate surface area is 87.6 Å². The number of carbonyl (C=O) groups is 1. The van der Waals surface area contributed by atoms with Crippen molar-refractivity contribution in [2.75, 3.05) is 0 Å². The number of halogens is 4. The van der Waals surface area contributed by atoms with Gasteiger partial charge in [0.2, 0.25) is 5.91 Å². The van der Waals surface area contributed by atoms with Crippen LogP contribution in [-0.2, 0) is 0 Å². The SMILES string of the molecule is NC(=O)c1ccc(Cl)c(OC(F)(F)F)c1. The Bertz CT molecular complexity index is 392. The molecule has 0 atom stereocenters. The van der Waals surface area contributed by atoms with Gasteiger partial charge in [0.1, 0.15) is 5.75 Å². The van der Waals surface area contributed by atoms with Crippen molar-refractivity contribution >= 4 is 17.5 Å². The molecule has 0 saturated carbocycles. The van der Waals surface area contributed by atoms with Crippen molar-refractivity contribution < 1.29 is 22.7 Å². The maximum atomic E-state index is 11.9. The first-order chi connectivity index (χ1) is 6.79. The van der Waals surface area contributed by atoms with E-state index >= 15 is 0 Å². The lowest BCUT2D eigenvalue weighted by molar-refractivity contribution is -0.274. The summed E-state index contributed by atoms with van der Waals surface area (Å²) < 4.78 is 39.2. The van der Waals surface area contributed by atoms with Crippen LogP contribution >= 0.6 is 11.6 Å². The maximum Gasteiger partial charge on any atom is 0.573 e. The quantitative estimate of drug-likeness (QED) is 0.861. The zero-order valence-electron chi connectivity index (χ0n) is 7.14. The fourth-order valence-corrected chi connectivity index (χ4v) is 1.02. The molecule has 15 heavy (non-hydrogen) atoms. The van der Waals surface area contributed by atoms with Crippen LogP contribution in [0.3, 0.4) is 0 Å². The first-order valence-electron chi connectivity index (χ1n) is 3.65. The number of hydrogen-bond acceptors (Lipinski definition) is 2. The molecule has 3 nitrogen and oxygen atoms in total. The third-order valence-corrected chi connectivity index (χ3v) is 1.75. The number of ether oxygens (including phenoxy) is 1. The summed E-state index contributed by atoms with van der Waals surface area (Å²) in [7, 11) is 0. The van der Waals surface area contributed by atoms with Gasteiger partial charge in [0.25, 0.3) is 0 Å². The number of hydrogen-bond donors (Lipinski definition) is 1. The van der Waals surface area contributed by atoms with E-state index in [1.54, 1.807) is 0 Å². The Morgan fingerprint density at radius 2 is 2.00 bits per heavy atom. The summed E-state index contributed by atoms with van der Waals surface area (Å²) in [6, 6.07) is 3.13. The van der Waals surface area contributed by atoms with Gasteiger partial charge in [-0.15, -0.1) is 13.2 Å².